The van der Waals surface area contributed by atoms with Crippen LogP contribution in [0.15, 0.2) is 22.7 Å². The smallest absolute Gasteiger partial charge is 0.255 e. The van der Waals surface area contributed by atoms with Crippen LogP contribution in [0.3, 0.4) is 0 Å². The van der Waals surface area contributed by atoms with Gasteiger partial charge in [0.25, 0.3) is 5.91 Å². The lowest BCUT2D eigenvalue weighted by atomic mass is 10.1. The molecule has 1 aromatic rings. The van der Waals surface area contributed by atoms with Gasteiger partial charge in [0.05, 0.1) is 12.7 Å². The van der Waals surface area contributed by atoms with E-state index in [1.165, 1.54) is 0 Å². The number of carbonyl (C=O) groups excluding carboxylic acids is 1. The molecule has 0 unspecified atom stereocenters. The number of ether oxygens (including phenoxy) is 1. The maximum Gasteiger partial charge on any atom is 0.255 e. The molecule has 1 aliphatic rings. The monoisotopic (exact) mass is 357 g/mol. The van der Waals surface area contributed by atoms with Crippen LogP contribution in [0.25, 0.3) is 0 Å². The second kappa shape index (κ2) is 6.39. The van der Waals surface area contributed by atoms with Crippen molar-refractivity contribution in [3.05, 3.63) is 28.2 Å². The minimum absolute atomic E-state index is 0.0778. The van der Waals surface area contributed by atoms with Crippen molar-refractivity contribution in [2.24, 2.45) is 0 Å². The van der Waals surface area contributed by atoms with Gasteiger partial charge >= 0.3 is 0 Å². The van der Waals surface area contributed by atoms with Crippen LogP contribution in [0.2, 0.25) is 0 Å². The SMILES string of the molecule is COc1ccc(Br)c(C(=O)N2CCSC(C)(C)CC2)c1. The highest BCUT2D eigenvalue weighted by Crippen LogP contribution is 2.32. The van der Waals surface area contributed by atoms with Crippen LogP contribution >= 0.6 is 27.7 Å². The second-order valence-electron chi connectivity index (χ2n) is 5.50. The van der Waals surface area contributed by atoms with Crippen LogP contribution in [0.1, 0.15) is 30.6 Å². The number of carbonyl (C=O) groups is 1. The molecule has 0 saturated carbocycles. The summed E-state index contributed by atoms with van der Waals surface area (Å²) in [7, 11) is 1.61. The fourth-order valence-corrected chi connectivity index (χ4v) is 3.71. The van der Waals surface area contributed by atoms with Gasteiger partial charge in [0.1, 0.15) is 5.75 Å². The molecule has 20 heavy (non-hydrogen) atoms. The summed E-state index contributed by atoms with van der Waals surface area (Å²) in [5.74, 6) is 1.77. The van der Waals surface area contributed by atoms with Crippen LogP contribution in [-0.2, 0) is 0 Å². The van der Waals surface area contributed by atoms with Crippen molar-refractivity contribution in [3.63, 3.8) is 0 Å². The second-order valence-corrected chi connectivity index (χ2v) is 8.15. The number of hydrogen-bond donors (Lipinski definition) is 0. The van der Waals surface area contributed by atoms with Gasteiger partial charge in [0, 0.05) is 28.1 Å². The van der Waals surface area contributed by atoms with E-state index < -0.39 is 0 Å². The summed E-state index contributed by atoms with van der Waals surface area (Å²) < 4.78 is 6.28. The minimum atomic E-state index is 0.0778. The number of nitrogens with zero attached hydrogens (tertiary/aromatic N) is 1. The first-order valence-corrected chi connectivity index (χ1v) is 8.47. The van der Waals surface area contributed by atoms with E-state index in [0.29, 0.717) is 11.3 Å². The Morgan fingerprint density at radius 2 is 2.15 bits per heavy atom. The van der Waals surface area contributed by atoms with Gasteiger partial charge in [-0.25, -0.2) is 0 Å². The van der Waals surface area contributed by atoms with Crippen molar-refractivity contribution in [2.45, 2.75) is 25.0 Å². The van der Waals surface area contributed by atoms with E-state index in [2.05, 4.69) is 29.8 Å². The molecule has 2 rings (SSSR count). The zero-order valence-corrected chi connectivity index (χ0v) is 14.5. The molecule has 0 radical (unpaired) electrons. The molecule has 1 heterocycles. The highest BCUT2D eigenvalue weighted by Gasteiger charge is 2.27. The van der Waals surface area contributed by atoms with Gasteiger partial charge in [-0.15, -0.1) is 0 Å². The maximum atomic E-state index is 12.7. The molecule has 0 bridgehead atoms. The molecule has 0 atom stereocenters. The topological polar surface area (TPSA) is 29.5 Å². The lowest BCUT2D eigenvalue weighted by Crippen LogP contribution is -2.33. The van der Waals surface area contributed by atoms with E-state index in [-0.39, 0.29) is 10.7 Å². The fraction of sp³-hybridized carbons (Fsp3) is 0.533. The van der Waals surface area contributed by atoms with E-state index in [1.807, 2.05) is 28.8 Å². The van der Waals surface area contributed by atoms with Gasteiger partial charge in [-0.3, -0.25) is 4.79 Å². The molecule has 0 aromatic heterocycles. The standard InChI is InChI=1S/C15H20BrNO2S/c1-15(2)6-7-17(8-9-20-15)14(18)12-10-11(19-3)4-5-13(12)16/h4-5,10H,6-9H2,1-3H3. The third-order valence-electron chi connectivity index (χ3n) is 3.53. The minimum Gasteiger partial charge on any atom is -0.497 e. The molecule has 1 aliphatic heterocycles. The Balaban J connectivity index is 2.18. The van der Waals surface area contributed by atoms with Crippen molar-refractivity contribution in [1.82, 2.24) is 4.90 Å². The third kappa shape index (κ3) is 3.70. The molecule has 110 valence electrons. The molecule has 0 N–H and O–H groups in total. The van der Waals surface area contributed by atoms with E-state index in [9.17, 15) is 4.79 Å². The van der Waals surface area contributed by atoms with Gasteiger partial charge in [0.15, 0.2) is 0 Å². The van der Waals surface area contributed by atoms with Gasteiger partial charge in [0.2, 0.25) is 0 Å². The van der Waals surface area contributed by atoms with Gasteiger partial charge in [-0.1, -0.05) is 13.8 Å². The lowest BCUT2D eigenvalue weighted by Gasteiger charge is -2.23. The van der Waals surface area contributed by atoms with Crippen molar-refractivity contribution in [1.29, 1.82) is 0 Å². The molecule has 0 spiro atoms. The summed E-state index contributed by atoms with van der Waals surface area (Å²) in [6.45, 7) is 6.10. The van der Waals surface area contributed by atoms with E-state index >= 15 is 0 Å². The van der Waals surface area contributed by atoms with Crippen molar-refractivity contribution < 1.29 is 9.53 Å². The normalized spacial score (nSPS) is 18.5. The molecular formula is C15H20BrNO2S. The first-order chi connectivity index (χ1) is 9.43. The summed E-state index contributed by atoms with van der Waals surface area (Å²) in [6, 6.07) is 5.51. The van der Waals surface area contributed by atoms with Crippen molar-refractivity contribution in [2.75, 3.05) is 26.0 Å². The molecule has 5 heteroatoms. The van der Waals surface area contributed by atoms with Crippen LogP contribution < -0.4 is 4.74 Å². The summed E-state index contributed by atoms with van der Waals surface area (Å²) >= 11 is 5.40. The van der Waals surface area contributed by atoms with Crippen LogP contribution in [-0.4, -0.2) is 41.5 Å². The Hall–Kier alpha value is -0.680. The molecular weight excluding hydrogens is 338 g/mol. The third-order valence-corrected chi connectivity index (χ3v) is 5.59. The number of benzene rings is 1. The van der Waals surface area contributed by atoms with Crippen molar-refractivity contribution in [3.8, 4) is 5.75 Å². The highest BCUT2D eigenvalue weighted by molar-refractivity contribution is 9.10. The largest absolute Gasteiger partial charge is 0.497 e. The molecule has 1 amide bonds. The molecule has 1 fully saturated rings. The predicted molar refractivity (Wildman–Crippen MR) is 87.8 cm³/mol. The predicted octanol–water partition coefficient (Wildman–Crippen LogP) is 3.82. The number of thioether (sulfide) groups is 1. The van der Waals surface area contributed by atoms with E-state index in [1.54, 1.807) is 13.2 Å². The first-order valence-electron chi connectivity index (χ1n) is 6.70. The van der Waals surface area contributed by atoms with Crippen LogP contribution in [0, 0.1) is 0 Å². The van der Waals surface area contributed by atoms with Crippen LogP contribution in [0.5, 0.6) is 5.75 Å². The number of hydrogen-bond acceptors (Lipinski definition) is 3. The summed E-state index contributed by atoms with van der Waals surface area (Å²) in [4.78, 5) is 14.6. The van der Waals surface area contributed by atoms with Gasteiger partial charge in [-0.2, -0.15) is 11.8 Å². The summed E-state index contributed by atoms with van der Waals surface area (Å²) in [5.41, 5.74) is 0.675. The average Bonchev–Trinajstić information content (AvgIpc) is 2.59. The molecule has 3 nitrogen and oxygen atoms in total. The van der Waals surface area contributed by atoms with Gasteiger partial charge in [-0.05, 0) is 40.5 Å². The number of methoxy groups -OCH3 is 1. The molecule has 1 aromatic carbocycles. The Labute approximate surface area is 133 Å². The van der Waals surface area contributed by atoms with Crippen LogP contribution in [0.4, 0.5) is 0 Å². The zero-order valence-electron chi connectivity index (χ0n) is 12.1. The quantitative estimate of drug-likeness (QED) is 0.805. The lowest BCUT2D eigenvalue weighted by molar-refractivity contribution is 0.0763. The maximum absolute atomic E-state index is 12.7. The zero-order chi connectivity index (χ0) is 14.8. The highest BCUT2D eigenvalue weighted by atomic mass is 79.9. The van der Waals surface area contributed by atoms with Gasteiger partial charge < -0.3 is 9.64 Å². The fourth-order valence-electron chi connectivity index (χ4n) is 2.19. The number of halogens is 1. The number of amides is 1. The summed E-state index contributed by atoms with van der Waals surface area (Å²) in [5, 5.41) is 0. The number of rotatable bonds is 2. The van der Waals surface area contributed by atoms with E-state index in [4.69, 9.17) is 4.74 Å². The molecule has 0 aliphatic carbocycles. The Bertz CT molecular complexity index is 505. The Kier molecular flexibility index (Phi) is 5.02. The molecule has 1 saturated heterocycles. The Morgan fingerprint density at radius 1 is 1.40 bits per heavy atom. The Morgan fingerprint density at radius 3 is 2.85 bits per heavy atom. The van der Waals surface area contributed by atoms with Crippen molar-refractivity contribution >= 4 is 33.6 Å². The average molecular weight is 358 g/mol. The van der Waals surface area contributed by atoms with E-state index in [0.717, 1.165) is 29.7 Å². The first kappa shape index (κ1) is 15.7. The summed E-state index contributed by atoms with van der Waals surface area (Å²) in [6.07, 6.45) is 1.02.